The molecule has 0 heterocycles. The highest BCUT2D eigenvalue weighted by Gasteiger charge is 2.18. The average molecular weight is 230 g/mol. The number of nitriles is 1. The molecule has 92 valence electrons. The van der Waals surface area contributed by atoms with Gasteiger partial charge in [0.05, 0.1) is 6.07 Å². The second kappa shape index (κ2) is 7.09. The highest BCUT2D eigenvalue weighted by molar-refractivity contribution is 5.27. The quantitative estimate of drug-likeness (QED) is 0.745. The van der Waals surface area contributed by atoms with Crippen LogP contribution in [0.1, 0.15) is 43.9 Å². The summed E-state index contributed by atoms with van der Waals surface area (Å²) >= 11 is 0. The number of benzene rings is 1. The van der Waals surface area contributed by atoms with Gasteiger partial charge in [0, 0.05) is 0 Å². The molecule has 1 rings (SSSR count). The summed E-state index contributed by atoms with van der Waals surface area (Å²) in [5.74, 6) is 0. The first-order valence-electron chi connectivity index (χ1n) is 6.43. The van der Waals surface area contributed by atoms with E-state index in [4.69, 9.17) is 0 Å². The Bertz CT molecular complexity index is 356. The van der Waals surface area contributed by atoms with Crippen molar-refractivity contribution in [1.29, 1.82) is 5.26 Å². The van der Waals surface area contributed by atoms with Crippen LogP contribution in [0.3, 0.4) is 0 Å². The first-order valence-corrected chi connectivity index (χ1v) is 6.43. The van der Waals surface area contributed by atoms with Crippen LogP contribution in [0.5, 0.6) is 0 Å². The molecule has 0 aliphatic carbocycles. The number of hydrogen-bond acceptors (Lipinski definition) is 2. The zero-order valence-corrected chi connectivity index (χ0v) is 11.1. The number of rotatable bonds is 6. The van der Waals surface area contributed by atoms with E-state index in [2.05, 4.69) is 56.0 Å². The van der Waals surface area contributed by atoms with Crippen molar-refractivity contribution in [3.05, 3.63) is 35.4 Å². The summed E-state index contributed by atoms with van der Waals surface area (Å²) in [7, 11) is 0. The largest absolute Gasteiger partial charge is 0.284 e. The Hall–Kier alpha value is -1.33. The van der Waals surface area contributed by atoms with E-state index >= 15 is 0 Å². The molecule has 0 aliphatic heterocycles. The van der Waals surface area contributed by atoms with Gasteiger partial charge in [0.2, 0.25) is 0 Å². The van der Waals surface area contributed by atoms with E-state index in [1.165, 1.54) is 5.56 Å². The van der Waals surface area contributed by atoms with E-state index in [-0.39, 0.29) is 6.04 Å². The molecule has 0 saturated heterocycles. The van der Waals surface area contributed by atoms with Gasteiger partial charge in [-0.15, -0.1) is 0 Å². The lowest BCUT2D eigenvalue weighted by Gasteiger charge is -2.26. The molecular weight excluding hydrogens is 208 g/mol. The van der Waals surface area contributed by atoms with Crippen molar-refractivity contribution in [3.63, 3.8) is 0 Å². The standard InChI is InChI=1S/C15H22N2/c1-4-10-17(11-5-2)15(12-16)14-8-6-13(3)7-9-14/h6-9,15H,4-5,10-11H2,1-3H3. The van der Waals surface area contributed by atoms with Crippen LogP contribution >= 0.6 is 0 Å². The lowest BCUT2D eigenvalue weighted by atomic mass is 10.0. The van der Waals surface area contributed by atoms with Gasteiger partial charge >= 0.3 is 0 Å². The van der Waals surface area contributed by atoms with Gasteiger partial charge in [-0.3, -0.25) is 4.90 Å². The van der Waals surface area contributed by atoms with Gasteiger partial charge in [0.15, 0.2) is 0 Å². The molecule has 0 saturated carbocycles. The predicted octanol–water partition coefficient (Wildman–Crippen LogP) is 3.68. The van der Waals surface area contributed by atoms with Gasteiger partial charge in [0.25, 0.3) is 0 Å². The van der Waals surface area contributed by atoms with E-state index in [9.17, 15) is 5.26 Å². The second-order valence-corrected chi connectivity index (χ2v) is 4.48. The summed E-state index contributed by atoms with van der Waals surface area (Å²) in [6.45, 7) is 8.36. The molecule has 1 aromatic carbocycles. The summed E-state index contributed by atoms with van der Waals surface area (Å²) < 4.78 is 0. The Morgan fingerprint density at radius 1 is 1.12 bits per heavy atom. The van der Waals surface area contributed by atoms with Crippen LogP contribution in [0.25, 0.3) is 0 Å². The fourth-order valence-electron chi connectivity index (χ4n) is 2.06. The van der Waals surface area contributed by atoms with Gasteiger partial charge < -0.3 is 0 Å². The molecule has 0 spiro atoms. The summed E-state index contributed by atoms with van der Waals surface area (Å²) in [6.07, 6.45) is 2.17. The third-order valence-corrected chi connectivity index (χ3v) is 2.90. The third kappa shape index (κ3) is 3.87. The third-order valence-electron chi connectivity index (χ3n) is 2.90. The van der Waals surface area contributed by atoms with Crippen molar-refractivity contribution >= 4 is 0 Å². The summed E-state index contributed by atoms with van der Waals surface area (Å²) in [6, 6.07) is 10.6. The average Bonchev–Trinajstić information content (AvgIpc) is 2.33. The first kappa shape index (κ1) is 13.7. The second-order valence-electron chi connectivity index (χ2n) is 4.48. The summed E-state index contributed by atoms with van der Waals surface area (Å²) in [5, 5.41) is 9.38. The maximum atomic E-state index is 9.38. The zero-order chi connectivity index (χ0) is 12.7. The lowest BCUT2D eigenvalue weighted by molar-refractivity contribution is 0.236. The summed E-state index contributed by atoms with van der Waals surface area (Å²) in [4.78, 5) is 2.27. The van der Waals surface area contributed by atoms with Crippen molar-refractivity contribution in [1.82, 2.24) is 4.90 Å². The normalized spacial score (nSPS) is 12.4. The van der Waals surface area contributed by atoms with Crippen molar-refractivity contribution in [2.24, 2.45) is 0 Å². The van der Waals surface area contributed by atoms with Crippen molar-refractivity contribution in [2.75, 3.05) is 13.1 Å². The molecule has 17 heavy (non-hydrogen) atoms. The van der Waals surface area contributed by atoms with E-state index in [0.29, 0.717) is 0 Å². The molecule has 0 radical (unpaired) electrons. The van der Waals surface area contributed by atoms with Gasteiger partial charge in [-0.05, 0) is 38.4 Å². The molecule has 1 atom stereocenters. The smallest absolute Gasteiger partial charge is 0.123 e. The van der Waals surface area contributed by atoms with Crippen LogP contribution in [0.4, 0.5) is 0 Å². The summed E-state index contributed by atoms with van der Waals surface area (Å²) in [5.41, 5.74) is 2.35. The minimum absolute atomic E-state index is 0.101. The molecule has 0 N–H and O–H groups in total. The highest BCUT2D eigenvalue weighted by atomic mass is 15.1. The minimum Gasteiger partial charge on any atom is -0.284 e. The van der Waals surface area contributed by atoms with E-state index in [1.807, 2.05) is 0 Å². The van der Waals surface area contributed by atoms with Crippen molar-refractivity contribution < 1.29 is 0 Å². The Labute approximate surface area is 105 Å². The van der Waals surface area contributed by atoms with E-state index in [0.717, 1.165) is 31.5 Å². The molecule has 0 aliphatic rings. The molecule has 0 amide bonds. The maximum Gasteiger partial charge on any atom is 0.123 e. The Morgan fingerprint density at radius 3 is 2.06 bits per heavy atom. The topological polar surface area (TPSA) is 27.0 Å². The van der Waals surface area contributed by atoms with Gasteiger partial charge in [-0.2, -0.15) is 5.26 Å². The molecule has 0 fully saturated rings. The molecular formula is C15H22N2. The molecule has 0 bridgehead atoms. The molecule has 2 nitrogen and oxygen atoms in total. The zero-order valence-electron chi connectivity index (χ0n) is 11.1. The van der Waals surface area contributed by atoms with Crippen LogP contribution < -0.4 is 0 Å². The van der Waals surface area contributed by atoms with Crippen molar-refractivity contribution in [3.8, 4) is 6.07 Å². The molecule has 1 aromatic rings. The van der Waals surface area contributed by atoms with Crippen LogP contribution in [-0.2, 0) is 0 Å². The Balaban J connectivity index is 2.88. The monoisotopic (exact) mass is 230 g/mol. The molecule has 0 aromatic heterocycles. The Kier molecular flexibility index (Phi) is 5.72. The fourth-order valence-corrected chi connectivity index (χ4v) is 2.06. The lowest BCUT2D eigenvalue weighted by Crippen LogP contribution is -2.29. The van der Waals surface area contributed by atoms with Gasteiger partial charge in [-0.1, -0.05) is 43.7 Å². The SMILES string of the molecule is CCCN(CCC)C(C#N)c1ccc(C)cc1. The highest BCUT2D eigenvalue weighted by Crippen LogP contribution is 2.21. The Morgan fingerprint density at radius 2 is 1.65 bits per heavy atom. The number of aryl methyl sites for hydroxylation is 1. The van der Waals surface area contributed by atoms with Crippen LogP contribution in [0, 0.1) is 18.3 Å². The van der Waals surface area contributed by atoms with Crippen molar-refractivity contribution in [2.45, 2.75) is 39.7 Å². The van der Waals surface area contributed by atoms with Gasteiger partial charge in [-0.25, -0.2) is 0 Å². The van der Waals surface area contributed by atoms with Crippen LogP contribution in [-0.4, -0.2) is 18.0 Å². The molecule has 2 heteroatoms. The molecule has 1 unspecified atom stereocenters. The van der Waals surface area contributed by atoms with Gasteiger partial charge in [0.1, 0.15) is 6.04 Å². The number of nitrogens with zero attached hydrogens (tertiary/aromatic N) is 2. The fraction of sp³-hybridized carbons (Fsp3) is 0.533. The van der Waals surface area contributed by atoms with E-state index < -0.39 is 0 Å². The van der Waals surface area contributed by atoms with Crippen LogP contribution in [0.15, 0.2) is 24.3 Å². The first-order chi connectivity index (χ1) is 8.22. The minimum atomic E-state index is -0.101. The maximum absolute atomic E-state index is 9.38. The van der Waals surface area contributed by atoms with Crippen LogP contribution in [0.2, 0.25) is 0 Å². The number of hydrogen-bond donors (Lipinski definition) is 0. The van der Waals surface area contributed by atoms with E-state index in [1.54, 1.807) is 0 Å². The predicted molar refractivity (Wildman–Crippen MR) is 71.7 cm³/mol.